The number of halogens is 1. The molecular formula is C14H11IO3. The first-order valence-electron chi connectivity index (χ1n) is 5.37. The molecule has 0 atom stereocenters. The Labute approximate surface area is 119 Å². The molecule has 0 unspecified atom stereocenters. The van der Waals surface area contributed by atoms with Crippen LogP contribution < -0.4 is 4.74 Å². The first kappa shape index (κ1) is 12.9. The van der Waals surface area contributed by atoms with Crippen molar-refractivity contribution in [2.45, 2.75) is 6.42 Å². The molecule has 3 nitrogen and oxygen atoms in total. The van der Waals surface area contributed by atoms with Gasteiger partial charge in [0.1, 0.15) is 11.5 Å². The van der Waals surface area contributed by atoms with Crippen molar-refractivity contribution in [1.29, 1.82) is 0 Å². The highest BCUT2D eigenvalue weighted by atomic mass is 127. The van der Waals surface area contributed by atoms with Crippen LogP contribution in [0.5, 0.6) is 11.5 Å². The average molecular weight is 354 g/mol. The minimum absolute atomic E-state index is 0.0316. The minimum atomic E-state index is -0.832. The highest BCUT2D eigenvalue weighted by Crippen LogP contribution is 2.22. The van der Waals surface area contributed by atoms with E-state index in [1.54, 1.807) is 24.3 Å². The van der Waals surface area contributed by atoms with Crippen LogP contribution in [-0.4, -0.2) is 11.1 Å². The van der Waals surface area contributed by atoms with Gasteiger partial charge in [-0.15, -0.1) is 0 Å². The number of carboxylic acid groups (broad SMARTS) is 1. The maximum Gasteiger partial charge on any atom is 0.307 e. The van der Waals surface area contributed by atoms with Crippen LogP contribution >= 0.6 is 22.6 Å². The van der Waals surface area contributed by atoms with Crippen molar-refractivity contribution in [1.82, 2.24) is 0 Å². The lowest BCUT2D eigenvalue weighted by molar-refractivity contribution is -0.136. The third-order valence-electron chi connectivity index (χ3n) is 2.33. The molecule has 0 saturated carbocycles. The Morgan fingerprint density at radius 3 is 2.00 bits per heavy atom. The predicted octanol–water partition coefficient (Wildman–Crippen LogP) is 3.71. The lowest BCUT2D eigenvalue weighted by Crippen LogP contribution is -1.99. The molecule has 2 rings (SSSR count). The van der Waals surface area contributed by atoms with Crippen molar-refractivity contribution < 1.29 is 14.6 Å². The van der Waals surface area contributed by atoms with Crippen molar-refractivity contribution in [2.24, 2.45) is 0 Å². The number of benzene rings is 2. The lowest BCUT2D eigenvalue weighted by Gasteiger charge is -2.06. The van der Waals surface area contributed by atoms with E-state index in [0.29, 0.717) is 5.75 Å². The van der Waals surface area contributed by atoms with E-state index in [-0.39, 0.29) is 6.42 Å². The largest absolute Gasteiger partial charge is 0.481 e. The van der Waals surface area contributed by atoms with E-state index in [4.69, 9.17) is 9.84 Å². The Morgan fingerprint density at radius 2 is 1.50 bits per heavy atom. The second-order valence-electron chi connectivity index (χ2n) is 3.77. The molecule has 0 radical (unpaired) electrons. The summed E-state index contributed by atoms with van der Waals surface area (Å²) < 4.78 is 6.79. The zero-order chi connectivity index (χ0) is 13.0. The normalized spacial score (nSPS) is 10.1. The number of hydrogen-bond acceptors (Lipinski definition) is 2. The summed E-state index contributed by atoms with van der Waals surface area (Å²) >= 11 is 2.23. The molecule has 0 bridgehead atoms. The van der Waals surface area contributed by atoms with E-state index in [2.05, 4.69) is 22.6 Å². The molecule has 0 aliphatic carbocycles. The highest BCUT2D eigenvalue weighted by molar-refractivity contribution is 14.1. The van der Waals surface area contributed by atoms with Gasteiger partial charge in [0.15, 0.2) is 0 Å². The van der Waals surface area contributed by atoms with Crippen LogP contribution in [0.3, 0.4) is 0 Å². The zero-order valence-electron chi connectivity index (χ0n) is 9.47. The Kier molecular flexibility index (Phi) is 4.19. The standard InChI is InChI=1S/C14H11IO3/c15-11-3-7-13(8-4-11)18-12-5-1-10(2-6-12)9-14(16)17/h1-8H,9H2,(H,16,17). The maximum absolute atomic E-state index is 10.5. The van der Waals surface area contributed by atoms with Crippen LogP contribution in [0.15, 0.2) is 48.5 Å². The summed E-state index contributed by atoms with van der Waals surface area (Å²) in [5.74, 6) is 0.632. The third-order valence-corrected chi connectivity index (χ3v) is 3.05. The van der Waals surface area contributed by atoms with E-state index in [1.165, 1.54) is 0 Å². The van der Waals surface area contributed by atoms with Gasteiger partial charge in [-0.1, -0.05) is 12.1 Å². The van der Waals surface area contributed by atoms with Crippen molar-refractivity contribution in [2.75, 3.05) is 0 Å². The highest BCUT2D eigenvalue weighted by Gasteiger charge is 2.01. The van der Waals surface area contributed by atoms with Gasteiger partial charge in [0, 0.05) is 3.57 Å². The second-order valence-corrected chi connectivity index (χ2v) is 5.02. The summed E-state index contributed by atoms with van der Waals surface area (Å²) in [7, 11) is 0. The van der Waals surface area contributed by atoms with Gasteiger partial charge in [-0.2, -0.15) is 0 Å². The molecule has 92 valence electrons. The molecule has 2 aromatic rings. The average Bonchev–Trinajstić information content (AvgIpc) is 2.34. The maximum atomic E-state index is 10.5. The smallest absolute Gasteiger partial charge is 0.307 e. The Balaban J connectivity index is 2.06. The molecule has 0 saturated heterocycles. The molecule has 0 heterocycles. The SMILES string of the molecule is O=C(O)Cc1ccc(Oc2ccc(I)cc2)cc1. The van der Waals surface area contributed by atoms with Crippen LogP contribution in [0.2, 0.25) is 0 Å². The van der Waals surface area contributed by atoms with E-state index in [9.17, 15) is 4.79 Å². The van der Waals surface area contributed by atoms with Crippen molar-refractivity contribution >= 4 is 28.6 Å². The number of rotatable bonds is 4. The van der Waals surface area contributed by atoms with Crippen molar-refractivity contribution in [3.63, 3.8) is 0 Å². The molecule has 2 aromatic carbocycles. The fourth-order valence-electron chi connectivity index (χ4n) is 1.49. The first-order valence-corrected chi connectivity index (χ1v) is 6.45. The van der Waals surface area contributed by atoms with Gasteiger partial charge in [-0.3, -0.25) is 4.79 Å². The summed E-state index contributed by atoms with van der Waals surface area (Å²) in [5, 5.41) is 8.67. The molecule has 0 spiro atoms. The number of carboxylic acids is 1. The Morgan fingerprint density at radius 1 is 1.00 bits per heavy atom. The molecule has 0 aliphatic heterocycles. The quantitative estimate of drug-likeness (QED) is 0.852. The van der Waals surface area contributed by atoms with Gasteiger partial charge in [-0.05, 0) is 64.6 Å². The molecule has 18 heavy (non-hydrogen) atoms. The molecule has 1 N–H and O–H groups in total. The number of carbonyl (C=O) groups is 1. The van der Waals surface area contributed by atoms with E-state index < -0.39 is 5.97 Å². The summed E-state index contributed by atoms with van der Waals surface area (Å²) in [6.07, 6.45) is 0.0316. The van der Waals surface area contributed by atoms with Crippen molar-refractivity contribution in [3.8, 4) is 11.5 Å². The molecule has 0 aromatic heterocycles. The topological polar surface area (TPSA) is 46.5 Å². The van der Waals surface area contributed by atoms with Crippen molar-refractivity contribution in [3.05, 3.63) is 57.7 Å². The minimum Gasteiger partial charge on any atom is -0.481 e. The third kappa shape index (κ3) is 3.73. The van der Waals surface area contributed by atoms with Gasteiger partial charge in [-0.25, -0.2) is 0 Å². The fraction of sp³-hybridized carbons (Fsp3) is 0.0714. The number of hydrogen-bond donors (Lipinski definition) is 1. The van der Waals surface area contributed by atoms with Gasteiger partial charge < -0.3 is 9.84 Å². The van der Waals surface area contributed by atoms with Gasteiger partial charge in [0.2, 0.25) is 0 Å². The number of ether oxygens (including phenoxy) is 1. The van der Waals surface area contributed by atoms with Crippen LogP contribution in [0.1, 0.15) is 5.56 Å². The summed E-state index contributed by atoms with van der Waals surface area (Å²) in [4.78, 5) is 10.5. The molecule has 0 amide bonds. The van der Waals surface area contributed by atoms with Gasteiger partial charge in [0.25, 0.3) is 0 Å². The molecule has 4 heteroatoms. The summed E-state index contributed by atoms with van der Waals surface area (Å²) in [5.41, 5.74) is 0.762. The van der Waals surface area contributed by atoms with Crippen LogP contribution in [-0.2, 0) is 11.2 Å². The Bertz CT molecular complexity index is 532. The van der Waals surface area contributed by atoms with E-state index in [1.807, 2.05) is 24.3 Å². The fourth-order valence-corrected chi connectivity index (χ4v) is 1.85. The summed E-state index contributed by atoms with van der Waals surface area (Å²) in [6, 6.07) is 14.8. The van der Waals surface area contributed by atoms with Gasteiger partial charge in [0.05, 0.1) is 6.42 Å². The van der Waals surface area contributed by atoms with Crippen LogP contribution in [0.4, 0.5) is 0 Å². The van der Waals surface area contributed by atoms with E-state index in [0.717, 1.165) is 14.9 Å². The monoisotopic (exact) mass is 354 g/mol. The first-order chi connectivity index (χ1) is 8.63. The molecule has 0 aliphatic rings. The van der Waals surface area contributed by atoms with Gasteiger partial charge >= 0.3 is 5.97 Å². The van der Waals surface area contributed by atoms with E-state index >= 15 is 0 Å². The molecule has 0 fully saturated rings. The zero-order valence-corrected chi connectivity index (χ0v) is 11.6. The second kappa shape index (κ2) is 5.86. The molecular weight excluding hydrogens is 343 g/mol. The number of aliphatic carboxylic acids is 1. The lowest BCUT2D eigenvalue weighted by atomic mass is 10.1. The Hall–Kier alpha value is -1.56. The predicted molar refractivity (Wildman–Crippen MR) is 77.0 cm³/mol. The van der Waals surface area contributed by atoms with Crippen LogP contribution in [0, 0.1) is 3.57 Å². The summed E-state index contributed by atoms with van der Waals surface area (Å²) in [6.45, 7) is 0. The van der Waals surface area contributed by atoms with Crippen LogP contribution in [0.25, 0.3) is 0 Å².